The molecule has 6 nitrogen and oxygen atoms in total. The Morgan fingerprint density at radius 2 is 2.00 bits per heavy atom. The third-order valence-corrected chi connectivity index (χ3v) is 2.08. The second-order valence-corrected chi connectivity index (χ2v) is 3.28. The van der Waals surface area contributed by atoms with Crippen molar-refractivity contribution in [2.45, 2.75) is 6.92 Å². The summed E-state index contributed by atoms with van der Waals surface area (Å²) < 4.78 is 1.01. The number of hydrogen-bond donors (Lipinski definition) is 2. The number of fused-ring (bicyclic) bond motifs is 1. The number of benzene rings is 1. The van der Waals surface area contributed by atoms with Gasteiger partial charge in [-0.2, -0.15) is 0 Å². The fourth-order valence-electron chi connectivity index (χ4n) is 1.46. The van der Waals surface area contributed by atoms with E-state index in [9.17, 15) is 14.4 Å². The van der Waals surface area contributed by atoms with Crippen molar-refractivity contribution in [1.82, 2.24) is 9.66 Å². The molecule has 0 saturated carbocycles. The zero-order valence-electron chi connectivity index (χ0n) is 8.48. The van der Waals surface area contributed by atoms with E-state index in [0.717, 1.165) is 4.68 Å². The van der Waals surface area contributed by atoms with E-state index in [1.165, 1.54) is 6.92 Å². The normalized spacial score (nSPS) is 10.3. The quantitative estimate of drug-likeness (QED) is 0.695. The first-order chi connectivity index (χ1) is 7.59. The van der Waals surface area contributed by atoms with Gasteiger partial charge in [0.1, 0.15) is 0 Å². The van der Waals surface area contributed by atoms with E-state index in [1.54, 1.807) is 24.3 Å². The Morgan fingerprint density at radius 3 is 2.69 bits per heavy atom. The van der Waals surface area contributed by atoms with Gasteiger partial charge >= 0.3 is 5.69 Å². The second kappa shape index (κ2) is 3.65. The predicted molar refractivity (Wildman–Crippen MR) is 58.9 cm³/mol. The molecule has 6 heteroatoms. The minimum atomic E-state index is -0.668. The Hall–Kier alpha value is -2.37. The molecule has 0 atom stereocenters. The number of carbonyl (C=O) groups excluding carboxylic acids is 1. The van der Waals surface area contributed by atoms with Gasteiger partial charge in [0.2, 0.25) is 5.91 Å². The van der Waals surface area contributed by atoms with E-state index < -0.39 is 11.2 Å². The lowest BCUT2D eigenvalue weighted by Crippen LogP contribution is -2.37. The van der Waals surface area contributed by atoms with Crippen LogP contribution in [-0.4, -0.2) is 15.6 Å². The average molecular weight is 219 g/mol. The van der Waals surface area contributed by atoms with Crippen molar-refractivity contribution < 1.29 is 4.79 Å². The molecule has 0 bridgehead atoms. The fraction of sp³-hybridized carbons (Fsp3) is 0.100. The minimum absolute atomic E-state index is 0.343. The molecule has 82 valence electrons. The summed E-state index contributed by atoms with van der Waals surface area (Å²) in [4.78, 5) is 36.0. The van der Waals surface area contributed by atoms with Crippen molar-refractivity contribution >= 4 is 16.8 Å². The summed E-state index contributed by atoms with van der Waals surface area (Å²) >= 11 is 0. The van der Waals surface area contributed by atoms with Crippen LogP contribution in [0.15, 0.2) is 33.9 Å². The molecule has 1 amide bonds. The van der Waals surface area contributed by atoms with Gasteiger partial charge in [-0.05, 0) is 12.1 Å². The maximum atomic E-state index is 11.5. The molecule has 0 unspecified atom stereocenters. The summed E-state index contributed by atoms with van der Waals surface area (Å²) in [5.74, 6) is -0.390. The molecule has 1 aromatic carbocycles. The van der Waals surface area contributed by atoms with Crippen LogP contribution < -0.4 is 16.7 Å². The van der Waals surface area contributed by atoms with Gasteiger partial charge in [-0.25, -0.2) is 9.47 Å². The number of hydrogen-bond acceptors (Lipinski definition) is 3. The fourth-order valence-corrected chi connectivity index (χ4v) is 1.46. The van der Waals surface area contributed by atoms with E-state index in [1.807, 2.05) is 0 Å². The van der Waals surface area contributed by atoms with Crippen molar-refractivity contribution in [2.75, 3.05) is 5.43 Å². The van der Waals surface area contributed by atoms with Crippen molar-refractivity contribution in [1.29, 1.82) is 0 Å². The molecule has 0 aliphatic carbocycles. The summed E-state index contributed by atoms with van der Waals surface area (Å²) in [6.07, 6.45) is 0. The lowest BCUT2D eigenvalue weighted by atomic mass is 10.2. The van der Waals surface area contributed by atoms with E-state index in [2.05, 4.69) is 10.4 Å². The number of rotatable bonds is 1. The highest BCUT2D eigenvalue weighted by atomic mass is 16.2. The molecular formula is C10H9N3O3. The average Bonchev–Trinajstić information content (AvgIpc) is 2.24. The predicted octanol–water partition coefficient (Wildman–Crippen LogP) is -0.220. The van der Waals surface area contributed by atoms with Crippen LogP contribution in [0, 0.1) is 0 Å². The highest BCUT2D eigenvalue weighted by Crippen LogP contribution is 2.04. The van der Waals surface area contributed by atoms with Gasteiger partial charge < -0.3 is 0 Å². The SMILES string of the molecule is CC(=O)Nn1c(=O)[nH]c(=O)c2ccccc21. The zero-order valence-corrected chi connectivity index (χ0v) is 8.48. The monoisotopic (exact) mass is 219 g/mol. The number of para-hydroxylation sites is 1. The molecule has 0 saturated heterocycles. The number of aromatic nitrogens is 2. The smallest absolute Gasteiger partial charge is 0.274 e. The lowest BCUT2D eigenvalue weighted by molar-refractivity contribution is -0.115. The van der Waals surface area contributed by atoms with Crippen LogP contribution in [0.1, 0.15) is 6.92 Å². The number of amides is 1. The Morgan fingerprint density at radius 1 is 1.31 bits per heavy atom. The summed E-state index contributed by atoms with van der Waals surface area (Å²) in [6, 6.07) is 6.52. The van der Waals surface area contributed by atoms with Gasteiger partial charge in [-0.3, -0.25) is 20.0 Å². The van der Waals surface area contributed by atoms with Crippen molar-refractivity contribution in [2.24, 2.45) is 0 Å². The number of H-pyrrole nitrogens is 1. The largest absolute Gasteiger partial charge is 0.347 e. The number of carbonyl (C=O) groups is 1. The summed E-state index contributed by atoms with van der Waals surface area (Å²) in [7, 11) is 0. The molecule has 0 fully saturated rings. The van der Waals surface area contributed by atoms with Gasteiger partial charge in [0.05, 0.1) is 10.9 Å². The first-order valence-electron chi connectivity index (χ1n) is 4.61. The lowest BCUT2D eigenvalue weighted by Gasteiger charge is -2.08. The maximum absolute atomic E-state index is 11.5. The Bertz CT molecular complexity index is 669. The summed E-state index contributed by atoms with van der Waals surface area (Å²) in [5.41, 5.74) is 1.57. The number of nitrogens with one attached hydrogen (secondary N) is 2. The molecule has 2 aromatic rings. The van der Waals surface area contributed by atoms with Crippen molar-refractivity contribution in [3.05, 3.63) is 45.1 Å². The van der Waals surface area contributed by atoms with Crippen LogP contribution in [0.3, 0.4) is 0 Å². The standard InChI is InChI=1S/C10H9N3O3/c1-6(14)12-13-8-5-3-2-4-7(8)9(15)11-10(13)16/h2-5H,1H3,(H,12,14)(H,11,15,16). The third kappa shape index (κ3) is 1.60. The Kier molecular flexibility index (Phi) is 2.32. The van der Waals surface area contributed by atoms with Crippen LogP contribution >= 0.6 is 0 Å². The molecule has 0 radical (unpaired) electrons. The first-order valence-corrected chi connectivity index (χ1v) is 4.61. The van der Waals surface area contributed by atoms with Crippen LogP contribution in [0.4, 0.5) is 0 Å². The molecule has 0 aliphatic rings. The van der Waals surface area contributed by atoms with Gasteiger partial charge in [0.25, 0.3) is 5.56 Å². The highest BCUT2D eigenvalue weighted by Gasteiger charge is 2.06. The Balaban J connectivity index is 2.87. The van der Waals surface area contributed by atoms with E-state index in [0.29, 0.717) is 10.9 Å². The zero-order chi connectivity index (χ0) is 11.7. The number of aromatic amines is 1. The third-order valence-electron chi connectivity index (χ3n) is 2.08. The van der Waals surface area contributed by atoms with Crippen LogP contribution in [0.5, 0.6) is 0 Å². The minimum Gasteiger partial charge on any atom is -0.274 e. The van der Waals surface area contributed by atoms with Crippen LogP contribution in [-0.2, 0) is 4.79 Å². The van der Waals surface area contributed by atoms with Gasteiger partial charge in [-0.15, -0.1) is 0 Å². The molecule has 0 spiro atoms. The number of nitrogens with zero attached hydrogens (tertiary/aromatic N) is 1. The van der Waals surface area contributed by atoms with Gasteiger partial charge in [0.15, 0.2) is 0 Å². The summed E-state index contributed by atoms with van der Waals surface area (Å²) in [6.45, 7) is 1.28. The topological polar surface area (TPSA) is 84.0 Å². The van der Waals surface area contributed by atoms with Crippen LogP contribution in [0.2, 0.25) is 0 Å². The van der Waals surface area contributed by atoms with E-state index >= 15 is 0 Å². The van der Waals surface area contributed by atoms with Crippen LogP contribution in [0.25, 0.3) is 10.9 Å². The Labute approximate surface area is 89.5 Å². The van der Waals surface area contributed by atoms with E-state index in [-0.39, 0.29) is 5.91 Å². The first kappa shape index (κ1) is 10.2. The molecule has 2 rings (SSSR count). The second-order valence-electron chi connectivity index (χ2n) is 3.28. The highest BCUT2D eigenvalue weighted by molar-refractivity contribution is 5.84. The summed E-state index contributed by atoms with van der Waals surface area (Å²) in [5, 5.41) is 0.343. The molecule has 1 aromatic heterocycles. The van der Waals surface area contributed by atoms with Gasteiger partial charge in [-0.1, -0.05) is 12.1 Å². The van der Waals surface area contributed by atoms with Crippen molar-refractivity contribution in [3.63, 3.8) is 0 Å². The molecule has 2 N–H and O–H groups in total. The molecule has 0 aliphatic heterocycles. The van der Waals surface area contributed by atoms with E-state index in [4.69, 9.17) is 0 Å². The van der Waals surface area contributed by atoms with Crippen molar-refractivity contribution in [3.8, 4) is 0 Å². The maximum Gasteiger partial charge on any atom is 0.347 e. The molecule has 16 heavy (non-hydrogen) atoms. The molecule has 1 heterocycles. The molecular weight excluding hydrogens is 210 g/mol. The van der Waals surface area contributed by atoms with Gasteiger partial charge in [0, 0.05) is 6.92 Å².